The third-order valence-corrected chi connectivity index (χ3v) is 4.68. The normalized spacial score (nSPS) is 14.9. The molecule has 2 heterocycles. The number of thiophene rings is 2. The second-order valence-electron chi connectivity index (χ2n) is 3.81. The minimum Gasteiger partial charge on any atom is -0.303 e. The number of halogens is 1. The van der Waals surface area contributed by atoms with Crippen LogP contribution in [-0.2, 0) is 0 Å². The smallest absolute Gasteiger partial charge is 0.0931 e. The molecule has 0 aliphatic carbocycles. The summed E-state index contributed by atoms with van der Waals surface area (Å²) in [5, 5.41) is 7.87. The molecular formula is C12H14ClNS2. The van der Waals surface area contributed by atoms with Crippen molar-refractivity contribution in [2.75, 3.05) is 0 Å². The van der Waals surface area contributed by atoms with E-state index < -0.39 is 0 Å². The van der Waals surface area contributed by atoms with Gasteiger partial charge in [-0.1, -0.05) is 11.6 Å². The van der Waals surface area contributed by atoms with E-state index in [1.165, 1.54) is 10.4 Å². The topological polar surface area (TPSA) is 12.0 Å². The predicted octanol–water partition coefficient (Wildman–Crippen LogP) is 4.87. The molecule has 2 atom stereocenters. The zero-order valence-corrected chi connectivity index (χ0v) is 11.6. The van der Waals surface area contributed by atoms with Gasteiger partial charge in [0.15, 0.2) is 0 Å². The van der Waals surface area contributed by atoms with Crippen LogP contribution in [0.15, 0.2) is 29.0 Å². The molecule has 0 spiro atoms. The van der Waals surface area contributed by atoms with Crippen LogP contribution >= 0.6 is 34.3 Å². The van der Waals surface area contributed by atoms with Gasteiger partial charge in [-0.15, -0.1) is 11.3 Å². The molecule has 0 aliphatic rings. The molecule has 0 aromatic carbocycles. The van der Waals surface area contributed by atoms with Crippen molar-refractivity contribution in [1.29, 1.82) is 0 Å². The lowest BCUT2D eigenvalue weighted by atomic mass is 10.1. The predicted molar refractivity (Wildman–Crippen MR) is 73.6 cm³/mol. The van der Waals surface area contributed by atoms with Crippen LogP contribution < -0.4 is 5.32 Å². The molecule has 0 aliphatic heterocycles. The molecule has 2 unspecified atom stereocenters. The lowest BCUT2D eigenvalue weighted by Crippen LogP contribution is -2.21. The summed E-state index contributed by atoms with van der Waals surface area (Å²) in [5.74, 6) is 0. The zero-order valence-electron chi connectivity index (χ0n) is 9.24. The van der Waals surface area contributed by atoms with Gasteiger partial charge in [-0.05, 0) is 48.4 Å². The maximum Gasteiger partial charge on any atom is 0.0931 e. The van der Waals surface area contributed by atoms with E-state index in [-0.39, 0.29) is 0 Å². The van der Waals surface area contributed by atoms with Crippen LogP contribution in [0.5, 0.6) is 0 Å². The molecule has 16 heavy (non-hydrogen) atoms. The molecule has 2 aromatic heterocycles. The quantitative estimate of drug-likeness (QED) is 0.836. The lowest BCUT2D eigenvalue weighted by molar-refractivity contribution is 0.501. The molecule has 1 nitrogen and oxygen atoms in total. The van der Waals surface area contributed by atoms with Crippen LogP contribution in [0.4, 0.5) is 0 Å². The highest BCUT2D eigenvalue weighted by atomic mass is 35.5. The molecule has 0 bridgehead atoms. The monoisotopic (exact) mass is 271 g/mol. The Balaban J connectivity index is 2.00. The Hall–Kier alpha value is -0.350. The fraction of sp³-hybridized carbons (Fsp3) is 0.333. The Labute approximate surface area is 109 Å². The molecule has 2 rings (SSSR count). The molecule has 0 saturated carbocycles. The van der Waals surface area contributed by atoms with Crippen molar-refractivity contribution in [3.05, 3.63) is 43.7 Å². The van der Waals surface area contributed by atoms with Crippen LogP contribution in [0.2, 0.25) is 4.34 Å². The molecular weight excluding hydrogens is 258 g/mol. The molecule has 4 heteroatoms. The van der Waals surface area contributed by atoms with Gasteiger partial charge in [-0.25, -0.2) is 0 Å². The zero-order chi connectivity index (χ0) is 11.5. The Morgan fingerprint density at radius 2 is 2.00 bits per heavy atom. The van der Waals surface area contributed by atoms with E-state index in [2.05, 4.69) is 42.1 Å². The summed E-state index contributed by atoms with van der Waals surface area (Å²) in [4.78, 5) is 1.28. The molecule has 0 saturated heterocycles. The fourth-order valence-corrected chi connectivity index (χ4v) is 3.46. The Kier molecular flexibility index (Phi) is 4.03. The molecule has 2 aromatic rings. The maximum atomic E-state index is 5.93. The molecule has 0 amide bonds. The SMILES string of the molecule is CC(NC(C)c1ccc(Cl)s1)c1ccsc1. The van der Waals surface area contributed by atoms with Gasteiger partial charge in [0.1, 0.15) is 0 Å². The third-order valence-electron chi connectivity index (χ3n) is 2.56. The number of hydrogen-bond acceptors (Lipinski definition) is 3. The van der Waals surface area contributed by atoms with Gasteiger partial charge in [0.2, 0.25) is 0 Å². The van der Waals surface area contributed by atoms with Gasteiger partial charge >= 0.3 is 0 Å². The first-order chi connectivity index (χ1) is 7.66. The van der Waals surface area contributed by atoms with Crippen molar-refractivity contribution in [2.24, 2.45) is 0 Å². The van der Waals surface area contributed by atoms with Gasteiger partial charge in [-0.3, -0.25) is 0 Å². The van der Waals surface area contributed by atoms with E-state index in [1.807, 2.05) is 6.07 Å². The summed E-state index contributed by atoms with van der Waals surface area (Å²) in [6, 6.07) is 6.92. The van der Waals surface area contributed by atoms with Gasteiger partial charge in [0.05, 0.1) is 4.34 Å². The van der Waals surface area contributed by atoms with Gasteiger partial charge < -0.3 is 5.32 Å². The van der Waals surface area contributed by atoms with E-state index >= 15 is 0 Å². The summed E-state index contributed by atoms with van der Waals surface area (Å²) < 4.78 is 0.854. The summed E-state index contributed by atoms with van der Waals surface area (Å²) in [7, 11) is 0. The second kappa shape index (κ2) is 5.32. The Morgan fingerprint density at radius 3 is 2.56 bits per heavy atom. The van der Waals surface area contributed by atoms with Crippen molar-refractivity contribution >= 4 is 34.3 Å². The van der Waals surface area contributed by atoms with E-state index in [4.69, 9.17) is 11.6 Å². The highest BCUT2D eigenvalue weighted by Crippen LogP contribution is 2.28. The van der Waals surface area contributed by atoms with Crippen molar-refractivity contribution in [3.63, 3.8) is 0 Å². The van der Waals surface area contributed by atoms with Crippen molar-refractivity contribution < 1.29 is 0 Å². The number of hydrogen-bond donors (Lipinski definition) is 1. The summed E-state index contributed by atoms with van der Waals surface area (Å²) in [5.41, 5.74) is 1.35. The molecule has 0 radical (unpaired) electrons. The molecule has 1 N–H and O–H groups in total. The fourth-order valence-electron chi connectivity index (χ4n) is 1.64. The standard InChI is InChI=1S/C12H14ClNS2/c1-8(10-5-6-15-7-10)14-9(2)11-3-4-12(13)16-11/h3-9,14H,1-2H3. The summed E-state index contributed by atoms with van der Waals surface area (Å²) >= 11 is 9.31. The first-order valence-corrected chi connectivity index (χ1v) is 7.34. The van der Waals surface area contributed by atoms with E-state index in [9.17, 15) is 0 Å². The van der Waals surface area contributed by atoms with Crippen LogP contribution in [0.1, 0.15) is 36.4 Å². The lowest BCUT2D eigenvalue weighted by Gasteiger charge is -2.18. The average molecular weight is 272 g/mol. The van der Waals surface area contributed by atoms with Gasteiger partial charge in [-0.2, -0.15) is 11.3 Å². The van der Waals surface area contributed by atoms with E-state index in [0.717, 1.165) is 4.34 Å². The third kappa shape index (κ3) is 2.86. The second-order valence-corrected chi connectivity index (χ2v) is 6.34. The summed E-state index contributed by atoms with van der Waals surface area (Å²) in [6.07, 6.45) is 0. The highest BCUT2D eigenvalue weighted by Gasteiger charge is 2.12. The summed E-state index contributed by atoms with van der Waals surface area (Å²) in [6.45, 7) is 4.36. The number of rotatable bonds is 4. The molecule has 0 fully saturated rings. The van der Waals surface area contributed by atoms with Crippen LogP contribution in [0.3, 0.4) is 0 Å². The van der Waals surface area contributed by atoms with Crippen molar-refractivity contribution in [1.82, 2.24) is 5.32 Å². The number of nitrogens with one attached hydrogen (secondary N) is 1. The molecule has 86 valence electrons. The largest absolute Gasteiger partial charge is 0.303 e. The minimum absolute atomic E-state index is 0.340. The first-order valence-electron chi connectivity index (χ1n) is 5.20. The van der Waals surface area contributed by atoms with Gasteiger partial charge in [0.25, 0.3) is 0 Å². The average Bonchev–Trinajstić information content (AvgIpc) is 2.87. The van der Waals surface area contributed by atoms with Crippen molar-refractivity contribution in [3.8, 4) is 0 Å². The maximum absolute atomic E-state index is 5.93. The van der Waals surface area contributed by atoms with Crippen LogP contribution in [0.25, 0.3) is 0 Å². The van der Waals surface area contributed by atoms with Crippen LogP contribution in [-0.4, -0.2) is 0 Å². The van der Waals surface area contributed by atoms with Crippen LogP contribution in [0, 0.1) is 0 Å². The Morgan fingerprint density at radius 1 is 1.19 bits per heavy atom. The minimum atomic E-state index is 0.340. The highest BCUT2D eigenvalue weighted by molar-refractivity contribution is 7.16. The van der Waals surface area contributed by atoms with Gasteiger partial charge in [0, 0.05) is 17.0 Å². The van der Waals surface area contributed by atoms with E-state index in [1.54, 1.807) is 22.7 Å². The van der Waals surface area contributed by atoms with Crippen molar-refractivity contribution in [2.45, 2.75) is 25.9 Å². The van der Waals surface area contributed by atoms with E-state index in [0.29, 0.717) is 12.1 Å². The first kappa shape index (κ1) is 12.1. The Bertz CT molecular complexity index is 436.